The number of carbonyl (C=O) groups is 1. The summed E-state index contributed by atoms with van der Waals surface area (Å²) in [6.45, 7) is 6.40. The molecule has 4 nitrogen and oxygen atoms in total. The molecule has 1 fully saturated rings. The second-order valence-corrected chi connectivity index (χ2v) is 6.46. The minimum atomic E-state index is -0.189. The molecular formula is C19H30N2O2. The van der Waals surface area contributed by atoms with Crippen LogP contribution in [0.15, 0.2) is 24.3 Å². The van der Waals surface area contributed by atoms with Gasteiger partial charge in [-0.1, -0.05) is 13.3 Å². The van der Waals surface area contributed by atoms with E-state index in [1.54, 1.807) is 0 Å². The maximum absolute atomic E-state index is 12.3. The summed E-state index contributed by atoms with van der Waals surface area (Å²) < 4.78 is 0. The molecule has 1 aromatic carbocycles. The molecule has 0 aliphatic heterocycles. The molecule has 0 spiro atoms. The van der Waals surface area contributed by atoms with Crippen molar-refractivity contribution in [2.75, 3.05) is 18.0 Å². The van der Waals surface area contributed by atoms with Crippen LogP contribution in [0.3, 0.4) is 0 Å². The number of nitrogens with zero attached hydrogens (tertiary/aromatic N) is 1. The SMILES string of the molecule is CCCCN(CC)c1ccc(C(=O)NC2CCC(O)CC2)cc1. The van der Waals surface area contributed by atoms with Crippen molar-refractivity contribution >= 4 is 11.6 Å². The van der Waals surface area contributed by atoms with Crippen LogP contribution in [-0.2, 0) is 0 Å². The molecule has 4 heteroatoms. The number of anilines is 1. The lowest BCUT2D eigenvalue weighted by molar-refractivity contribution is 0.0867. The van der Waals surface area contributed by atoms with E-state index >= 15 is 0 Å². The average molecular weight is 318 g/mol. The predicted octanol–water partition coefficient (Wildman–Crippen LogP) is 3.35. The van der Waals surface area contributed by atoms with E-state index < -0.39 is 0 Å². The van der Waals surface area contributed by atoms with Crippen molar-refractivity contribution in [2.24, 2.45) is 0 Å². The van der Waals surface area contributed by atoms with Gasteiger partial charge in [-0.3, -0.25) is 4.79 Å². The fraction of sp³-hybridized carbons (Fsp3) is 0.632. The maximum atomic E-state index is 12.3. The van der Waals surface area contributed by atoms with Gasteiger partial charge in [0.15, 0.2) is 0 Å². The van der Waals surface area contributed by atoms with Gasteiger partial charge in [-0.25, -0.2) is 0 Å². The van der Waals surface area contributed by atoms with Gasteiger partial charge in [0.2, 0.25) is 0 Å². The van der Waals surface area contributed by atoms with Crippen molar-refractivity contribution in [2.45, 2.75) is 64.5 Å². The van der Waals surface area contributed by atoms with Crippen LogP contribution in [-0.4, -0.2) is 36.2 Å². The number of hydrogen-bond donors (Lipinski definition) is 2. The van der Waals surface area contributed by atoms with Gasteiger partial charge in [0.1, 0.15) is 0 Å². The molecule has 128 valence electrons. The average Bonchev–Trinajstić information content (AvgIpc) is 2.58. The first-order valence-corrected chi connectivity index (χ1v) is 8.98. The van der Waals surface area contributed by atoms with E-state index in [2.05, 4.69) is 24.1 Å². The zero-order chi connectivity index (χ0) is 16.7. The third-order valence-electron chi connectivity index (χ3n) is 4.69. The second kappa shape index (κ2) is 8.92. The Kier molecular flexibility index (Phi) is 6.90. The van der Waals surface area contributed by atoms with Crippen LogP contribution in [0.2, 0.25) is 0 Å². The normalized spacial score (nSPS) is 21.0. The number of benzene rings is 1. The molecule has 0 heterocycles. The van der Waals surface area contributed by atoms with E-state index in [-0.39, 0.29) is 18.1 Å². The minimum absolute atomic E-state index is 0.00505. The van der Waals surface area contributed by atoms with E-state index in [1.807, 2.05) is 24.3 Å². The van der Waals surface area contributed by atoms with Gasteiger partial charge in [-0.15, -0.1) is 0 Å². The number of carbonyl (C=O) groups excluding carboxylic acids is 1. The van der Waals surface area contributed by atoms with E-state index in [9.17, 15) is 9.90 Å². The summed E-state index contributed by atoms with van der Waals surface area (Å²) in [6, 6.07) is 8.10. The summed E-state index contributed by atoms with van der Waals surface area (Å²) in [5.74, 6) is -0.00505. The highest BCUT2D eigenvalue weighted by molar-refractivity contribution is 5.94. The van der Waals surface area contributed by atoms with Crippen LogP contribution < -0.4 is 10.2 Å². The van der Waals surface area contributed by atoms with Crippen molar-refractivity contribution in [3.63, 3.8) is 0 Å². The van der Waals surface area contributed by atoms with Crippen molar-refractivity contribution < 1.29 is 9.90 Å². The molecule has 0 bridgehead atoms. The molecule has 0 atom stereocenters. The lowest BCUT2D eigenvalue weighted by Crippen LogP contribution is -2.38. The van der Waals surface area contributed by atoms with Crippen LogP contribution in [0.5, 0.6) is 0 Å². The molecule has 1 amide bonds. The molecule has 2 N–H and O–H groups in total. The molecule has 1 aromatic rings. The summed E-state index contributed by atoms with van der Waals surface area (Å²) in [5.41, 5.74) is 1.89. The molecule has 0 saturated heterocycles. The largest absolute Gasteiger partial charge is 0.393 e. The molecular weight excluding hydrogens is 288 g/mol. The highest BCUT2D eigenvalue weighted by atomic mass is 16.3. The van der Waals surface area contributed by atoms with E-state index in [4.69, 9.17) is 0 Å². The van der Waals surface area contributed by atoms with Crippen molar-refractivity contribution in [1.29, 1.82) is 0 Å². The first-order valence-electron chi connectivity index (χ1n) is 8.98. The lowest BCUT2D eigenvalue weighted by Gasteiger charge is -2.26. The molecule has 1 saturated carbocycles. The highest BCUT2D eigenvalue weighted by Crippen LogP contribution is 2.20. The fourth-order valence-corrected chi connectivity index (χ4v) is 3.13. The summed E-state index contributed by atoms with van der Waals surface area (Å²) in [5, 5.41) is 12.6. The number of hydrogen-bond acceptors (Lipinski definition) is 3. The van der Waals surface area contributed by atoms with Crippen molar-refractivity contribution in [1.82, 2.24) is 5.32 Å². The van der Waals surface area contributed by atoms with E-state index in [0.29, 0.717) is 5.56 Å². The van der Waals surface area contributed by atoms with Crippen LogP contribution in [0, 0.1) is 0 Å². The molecule has 0 unspecified atom stereocenters. The smallest absolute Gasteiger partial charge is 0.251 e. The van der Waals surface area contributed by atoms with Gasteiger partial charge >= 0.3 is 0 Å². The lowest BCUT2D eigenvalue weighted by atomic mass is 9.93. The Morgan fingerprint density at radius 3 is 2.39 bits per heavy atom. The number of aliphatic hydroxyl groups is 1. The van der Waals surface area contributed by atoms with Crippen molar-refractivity contribution in [3.05, 3.63) is 29.8 Å². The van der Waals surface area contributed by atoms with Gasteiger partial charge in [0, 0.05) is 30.4 Å². The third kappa shape index (κ3) is 5.24. The Morgan fingerprint density at radius 1 is 1.17 bits per heavy atom. The second-order valence-electron chi connectivity index (χ2n) is 6.46. The number of unbranched alkanes of at least 4 members (excludes halogenated alkanes) is 1. The van der Waals surface area contributed by atoms with Crippen LogP contribution in [0.4, 0.5) is 5.69 Å². The molecule has 2 rings (SSSR count). The standard InChI is InChI=1S/C19H30N2O2/c1-3-5-14-21(4-2)17-10-6-15(7-11-17)19(23)20-16-8-12-18(22)13-9-16/h6-7,10-11,16,18,22H,3-5,8-9,12-14H2,1-2H3,(H,20,23). The number of aliphatic hydroxyl groups excluding tert-OH is 1. The maximum Gasteiger partial charge on any atom is 0.251 e. The van der Waals surface area contributed by atoms with Gasteiger partial charge in [-0.2, -0.15) is 0 Å². The summed E-state index contributed by atoms with van der Waals surface area (Å²) in [6.07, 6.45) is 5.48. The summed E-state index contributed by atoms with van der Waals surface area (Å²) >= 11 is 0. The van der Waals surface area contributed by atoms with Gasteiger partial charge in [-0.05, 0) is 63.3 Å². The zero-order valence-corrected chi connectivity index (χ0v) is 14.4. The van der Waals surface area contributed by atoms with Crippen LogP contribution in [0.25, 0.3) is 0 Å². The molecule has 0 aromatic heterocycles. The predicted molar refractivity (Wildman–Crippen MR) is 95.0 cm³/mol. The first-order chi connectivity index (χ1) is 11.1. The van der Waals surface area contributed by atoms with Crippen LogP contribution in [0.1, 0.15) is 62.7 Å². The molecule has 1 aliphatic rings. The minimum Gasteiger partial charge on any atom is -0.393 e. The van der Waals surface area contributed by atoms with Crippen molar-refractivity contribution in [3.8, 4) is 0 Å². The Morgan fingerprint density at radius 2 is 1.83 bits per heavy atom. The number of amides is 1. The molecule has 23 heavy (non-hydrogen) atoms. The Bertz CT molecular complexity index is 479. The fourth-order valence-electron chi connectivity index (χ4n) is 3.13. The van der Waals surface area contributed by atoms with Gasteiger partial charge in [0.25, 0.3) is 5.91 Å². The van der Waals surface area contributed by atoms with E-state index in [0.717, 1.165) is 38.8 Å². The monoisotopic (exact) mass is 318 g/mol. The zero-order valence-electron chi connectivity index (χ0n) is 14.4. The first kappa shape index (κ1) is 17.8. The Hall–Kier alpha value is -1.55. The number of nitrogens with one attached hydrogen (secondary N) is 1. The third-order valence-corrected chi connectivity index (χ3v) is 4.69. The summed E-state index contributed by atoms with van der Waals surface area (Å²) in [7, 11) is 0. The van der Waals surface area contributed by atoms with Gasteiger partial charge in [0.05, 0.1) is 6.10 Å². The summed E-state index contributed by atoms with van der Waals surface area (Å²) in [4.78, 5) is 14.7. The Balaban J connectivity index is 1.91. The quantitative estimate of drug-likeness (QED) is 0.810. The van der Waals surface area contributed by atoms with Crippen LogP contribution >= 0.6 is 0 Å². The van der Waals surface area contributed by atoms with E-state index in [1.165, 1.54) is 18.5 Å². The topological polar surface area (TPSA) is 52.6 Å². The molecule has 1 aliphatic carbocycles. The number of rotatable bonds is 7. The van der Waals surface area contributed by atoms with Gasteiger partial charge < -0.3 is 15.3 Å². The Labute approximate surface area is 139 Å². The highest BCUT2D eigenvalue weighted by Gasteiger charge is 2.21. The molecule has 0 radical (unpaired) electrons.